The van der Waals surface area contributed by atoms with E-state index in [1.165, 1.54) is 0 Å². The zero-order chi connectivity index (χ0) is 11.1. The van der Waals surface area contributed by atoms with Gasteiger partial charge in [0.2, 0.25) is 0 Å². The molecule has 1 N–H and O–H groups in total. The van der Waals surface area contributed by atoms with E-state index in [9.17, 15) is 4.79 Å². The molecule has 3 heteroatoms. The average molecular weight is 228 g/mol. The Morgan fingerprint density at radius 1 is 1.12 bits per heavy atom. The molecule has 0 atom stereocenters. The van der Waals surface area contributed by atoms with Crippen LogP contribution >= 0.6 is 11.3 Å². The minimum absolute atomic E-state index is 0.384. The van der Waals surface area contributed by atoms with Gasteiger partial charge < -0.3 is 5.11 Å². The third kappa shape index (κ3) is 1.22. The zero-order valence-electron chi connectivity index (χ0n) is 8.31. The highest BCUT2D eigenvalue weighted by atomic mass is 32.1. The molecule has 0 aliphatic heterocycles. The van der Waals surface area contributed by atoms with Crippen molar-refractivity contribution in [2.45, 2.75) is 0 Å². The first-order valence-corrected chi connectivity index (χ1v) is 5.77. The summed E-state index contributed by atoms with van der Waals surface area (Å²) in [5.74, 6) is -0.867. The molecule has 3 aromatic rings. The number of carboxylic acid groups (broad SMARTS) is 1. The second-order valence-corrected chi connectivity index (χ2v) is 4.53. The van der Waals surface area contributed by atoms with E-state index in [0.717, 1.165) is 20.9 Å². The van der Waals surface area contributed by atoms with Crippen molar-refractivity contribution in [1.82, 2.24) is 0 Å². The van der Waals surface area contributed by atoms with Crippen LogP contribution in [0.4, 0.5) is 0 Å². The molecule has 16 heavy (non-hydrogen) atoms. The largest absolute Gasteiger partial charge is 0.478 e. The first kappa shape index (κ1) is 9.36. The lowest BCUT2D eigenvalue weighted by molar-refractivity contribution is 0.0699. The number of hydrogen-bond acceptors (Lipinski definition) is 2. The van der Waals surface area contributed by atoms with Crippen molar-refractivity contribution < 1.29 is 9.90 Å². The number of fused-ring (bicyclic) bond motifs is 3. The maximum atomic E-state index is 11.2. The lowest BCUT2D eigenvalue weighted by Crippen LogP contribution is -1.96. The maximum absolute atomic E-state index is 11.2. The van der Waals surface area contributed by atoms with Crippen LogP contribution < -0.4 is 0 Å². The number of thiophene rings is 1. The van der Waals surface area contributed by atoms with Gasteiger partial charge >= 0.3 is 5.97 Å². The molecule has 1 heterocycles. The summed E-state index contributed by atoms with van der Waals surface area (Å²) in [6, 6.07) is 11.5. The Kier molecular flexibility index (Phi) is 1.94. The van der Waals surface area contributed by atoms with Crippen molar-refractivity contribution in [2.75, 3.05) is 0 Å². The van der Waals surface area contributed by atoms with Crippen molar-refractivity contribution >= 4 is 38.2 Å². The van der Waals surface area contributed by atoms with Crippen LogP contribution in [0.5, 0.6) is 0 Å². The van der Waals surface area contributed by atoms with Gasteiger partial charge in [-0.2, -0.15) is 0 Å². The zero-order valence-corrected chi connectivity index (χ0v) is 9.12. The summed E-state index contributed by atoms with van der Waals surface area (Å²) in [5, 5.41) is 14.0. The summed E-state index contributed by atoms with van der Waals surface area (Å²) >= 11 is 1.59. The highest BCUT2D eigenvalue weighted by Crippen LogP contribution is 2.32. The highest BCUT2D eigenvalue weighted by Gasteiger charge is 2.12. The van der Waals surface area contributed by atoms with Gasteiger partial charge in [0.1, 0.15) is 0 Å². The number of carboxylic acids is 1. The summed E-state index contributed by atoms with van der Waals surface area (Å²) in [4.78, 5) is 11.2. The fourth-order valence-electron chi connectivity index (χ4n) is 1.97. The molecule has 0 aliphatic rings. The lowest BCUT2D eigenvalue weighted by atomic mass is 10.0. The fourth-order valence-corrected chi connectivity index (χ4v) is 2.93. The minimum atomic E-state index is -0.867. The second-order valence-electron chi connectivity index (χ2n) is 3.61. The van der Waals surface area contributed by atoms with Gasteiger partial charge in [-0.25, -0.2) is 4.79 Å². The molecule has 2 nitrogen and oxygen atoms in total. The SMILES string of the molecule is O=C(O)c1cc2ccccc2c2sccc12. The van der Waals surface area contributed by atoms with Crippen LogP contribution in [0.15, 0.2) is 41.8 Å². The van der Waals surface area contributed by atoms with Crippen molar-refractivity contribution in [1.29, 1.82) is 0 Å². The molecular weight excluding hydrogens is 220 g/mol. The van der Waals surface area contributed by atoms with Gasteiger partial charge in [0.15, 0.2) is 0 Å². The van der Waals surface area contributed by atoms with E-state index >= 15 is 0 Å². The molecule has 0 fully saturated rings. The van der Waals surface area contributed by atoms with Gasteiger partial charge in [0, 0.05) is 10.1 Å². The Hall–Kier alpha value is -1.87. The molecular formula is C13H8O2S. The predicted molar refractivity (Wildman–Crippen MR) is 66.3 cm³/mol. The van der Waals surface area contributed by atoms with Crippen molar-refractivity contribution in [3.05, 3.63) is 47.3 Å². The Labute approximate surface area is 95.8 Å². The van der Waals surface area contributed by atoms with E-state index in [0.29, 0.717) is 5.56 Å². The predicted octanol–water partition coefficient (Wildman–Crippen LogP) is 3.75. The number of rotatable bonds is 1. The van der Waals surface area contributed by atoms with Crippen LogP contribution in [0.25, 0.3) is 20.9 Å². The van der Waals surface area contributed by atoms with E-state index in [-0.39, 0.29) is 0 Å². The first-order chi connectivity index (χ1) is 7.77. The minimum Gasteiger partial charge on any atom is -0.478 e. The van der Waals surface area contributed by atoms with E-state index in [1.54, 1.807) is 17.4 Å². The fraction of sp³-hybridized carbons (Fsp3) is 0. The van der Waals surface area contributed by atoms with Crippen LogP contribution in [-0.4, -0.2) is 11.1 Å². The van der Waals surface area contributed by atoms with E-state index in [4.69, 9.17) is 5.11 Å². The lowest BCUT2D eigenvalue weighted by Gasteiger charge is -2.02. The molecule has 78 valence electrons. The molecule has 0 radical (unpaired) electrons. The van der Waals surface area contributed by atoms with Gasteiger partial charge in [-0.3, -0.25) is 0 Å². The van der Waals surface area contributed by atoms with Crippen LogP contribution in [0.3, 0.4) is 0 Å². The molecule has 2 aromatic carbocycles. The smallest absolute Gasteiger partial charge is 0.336 e. The molecule has 3 rings (SSSR count). The molecule has 0 spiro atoms. The third-order valence-corrected chi connectivity index (χ3v) is 3.64. The topological polar surface area (TPSA) is 37.3 Å². The van der Waals surface area contributed by atoms with E-state index < -0.39 is 5.97 Å². The molecule has 1 aromatic heterocycles. The summed E-state index contributed by atoms with van der Waals surface area (Å²) < 4.78 is 1.05. The van der Waals surface area contributed by atoms with Crippen LogP contribution in [-0.2, 0) is 0 Å². The summed E-state index contributed by atoms with van der Waals surface area (Å²) in [5.41, 5.74) is 0.384. The van der Waals surface area contributed by atoms with Gasteiger partial charge in [0.05, 0.1) is 5.56 Å². The number of hydrogen-bond donors (Lipinski definition) is 1. The second kappa shape index (κ2) is 3.32. The van der Waals surface area contributed by atoms with Crippen LogP contribution in [0.1, 0.15) is 10.4 Å². The average Bonchev–Trinajstić information content (AvgIpc) is 2.76. The molecule has 0 bridgehead atoms. The normalized spacial score (nSPS) is 11.0. The summed E-state index contributed by atoms with van der Waals surface area (Å²) in [6.07, 6.45) is 0. The molecule has 0 saturated carbocycles. The first-order valence-electron chi connectivity index (χ1n) is 4.89. The number of carbonyl (C=O) groups is 1. The number of aromatic carboxylic acids is 1. The molecule has 0 unspecified atom stereocenters. The Bertz CT molecular complexity index is 697. The Balaban J connectivity index is 2.58. The van der Waals surface area contributed by atoms with Gasteiger partial charge in [-0.15, -0.1) is 11.3 Å². The Morgan fingerprint density at radius 2 is 1.94 bits per heavy atom. The molecule has 0 saturated heterocycles. The summed E-state index contributed by atoms with van der Waals surface area (Å²) in [7, 11) is 0. The van der Waals surface area contributed by atoms with Gasteiger partial charge in [-0.05, 0) is 28.3 Å². The maximum Gasteiger partial charge on any atom is 0.336 e. The highest BCUT2D eigenvalue weighted by molar-refractivity contribution is 7.18. The van der Waals surface area contributed by atoms with Gasteiger partial charge in [0.25, 0.3) is 0 Å². The van der Waals surface area contributed by atoms with Crippen molar-refractivity contribution in [3.8, 4) is 0 Å². The van der Waals surface area contributed by atoms with Crippen molar-refractivity contribution in [3.63, 3.8) is 0 Å². The van der Waals surface area contributed by atoms with Gasteiger partial charge in [-0.1, -0.05) is 24.3 Å². The quantitative estimate of drug-likeness (QED) is 0.688. The summed E-state index contributed by atoms with van der Waals surface area (Å²) in [6.45, 7) is 0. The standard InChI is InChI=1S/C13H8O2S/c14-13(15)11-7-8-3-1-2-4-9(8)12-10(11)5-6-16-12/h1-7H,(H,14,15). The molecule has 0 amide bonds. The monoisotopic (exact) mass is 228 g/mol. The van der Waals surface area contributed by atoms with Crippen molar-refractivity contribution in [2.24, 2.45) is 0 Å². The third-order valence-electron chi connectivity index (χ3n) is 2.69. The number of benzene rings is 2. The Morgan fingerprint density at radius 3 is 2.75 bits per heavy atom. The van der Waals surface area contributed by atoms with E-state index in [1.807, 2.05) is 35.7 Å². The van der Waals surface area contributed by atoms with E-state index in [2.05, 4.69) is 0 Å². The van der Waals surface area contributed by atoms with Crippen LogP contribution in [0.2, 0.25) is 0 Å². The van der Waals surface area contributed by atoms with Crippen LogP contribution in [0, 0.1) is 0 Å². The molecule has 0 aliphatic carbocycles.